The highest BCUT2D eigenvalue weighted by atomic mass is 79.9. The Balaban J connectivity index is 1.60. The lowest BCUT2D eigenvalue weighted by Gasteiger charge is -1.98. The normalized spacial score (nSPS) is 11.2. The lowest BCUT2D eigenvalue weighted by molar-refractivity contribution is 0.0998. The van der Waals surface area contributed by atoms with Gasteiger partial charge >= 0.3 is 0 Å². The van der Waals surface area contributed by atoms with E-state index in [0.29, 0.717) is 16.5 Å². The van der Waals surface area contributed by atoms with Crippen molar-refractivity contribution in [2.75, 3.05) is 5.32 Å². The molecule has 0 saturated heterocycles. The van der Waals surface area contributed by atoms with E-state index < -0.39 is 0 Å². The highest BCUT2D eigenvalue weighted by Gasteiger charge is 2.19. The number of aryl methyl sites for hydroxylation is 1. The fraction of sp³-hybridized carbons (Fsp3) is 0.0625. The van der Waals surface area contributed by atoms with Crippen LogP contribution < -0.4 is 5.32 Å². The van der Waals surface area contributed by atoms with Crippen molar-refractivity contribution in [3.63, 3.8) is 0 Å². The molecule has 126 valence electrons. The number of thiophene rings is 1. The minimum Gasteiger partial charge on any atom is -0.451 e. The summed E-state index contributed by atoms with van der Waals surface area (Å²) in [5.41, 5.74) is 1.47. The summed E-state index contributed by atoms with van der Waals surface area (Å²) in [5, 5.41) is 4.10. The third-order valence-electron chi connectivity index (χ3n) is 3.54. The number of anilines is 1. The highest BCUT2D eigenvalue weighted by Crippen LogP contribution is 2.32. The molecule has 3 aromatic heterocycles. The topological polar surface area (TPSA) is 68.0 Å². The number of carbonyl (C=O) groups excluding carboxylic acids is 1. The average Bonchev–Trinajstić information content (AvgIpc) is 3.28. The van der Waals surface area contributed by atoms with Gasteiger partial charge in [-0.25, -0.2) is 0 Å². The van der Waals surface area contributed by atoms with E-state index in [2.05, 4.69) is 46.5 Å². The summed E-state index contributed by atoms with van der Waals surface area (Å²) in [6.45, 7) is 1.86. The smallest absolute Gasteiger partial charge is 0.293 e. The number of hydrogen-bond donors (Lipinski definition) is 1. The second kappa shape index (κ2) is 6.64. The zero-order valence-corrected chi connectivity index (χ0v) is 17.5. The molecule has 9 heteroatoms. The number of nitrogens with one attached hydrogen (secondary N) is 1. The van der Waals surface area contributed by atoms with Crippen LogP contribution in [0.15, 0.2) is 43.0 Å². The van der Waals surface area contributed by atoms with Crippen LogP contribution in [0.4, 0.5) is 5.13 Å². The summed E-state index contributed by atoms with van der Waals surface area (Å²) in [5.74, 6) is 0.546. The van der Waals surface area contributed by atoms with Crippen molar-refractivity contribution in [2.45, 2.75) is 6.92 Å². The first-order chi connectivity index (χ1) is 12.0. The third-order valence-corrected chi connectivity index (χ3v) is 6.29. The molecule has 25 heavy (non-hydrogen) atoms. The predicted molar refractivity (Wildman–Crippen MR) is 108 cm³/mol. The Bertz CT molecular complexity index is 1100. The maximum atomic E-state index is 12.6. The number of amides is 1. The first-order valence-electron chi connectivity index (χ1n) is 7.10. The van der Waals surface area contributed by atoms with Crippen LogP contribution in [0.2, 0.25) is 0 Å². The summed E-state index contributed by atoms with van der Waals surface area (Å²) >= 11 is 9.53. The SMILES string of the molecule is Cc1c(C(=O)Nc2nc(-c3ccc(Br)s3)ns2)oc2ccc(Br)cc12. The number of aromatic nitrogens is 2. The maximum absolute atomic E-state index is 12.6. The largest absolute Gasteiger partial charge is 0.451 e. The van der Waals surface area contributed by atoms with Gasteiger partial charge < -0.3 is 4.42 Å². The minimum absolute atomic E-state index is 0.281. The van der Waals surface area contributed by atoms with Crippen LogP contribution in [-0.2, 0) is 0 Å². The lowest BCUT2D eigenvalue weighted by Crippen LogP contribution is -2.11. The molecule has 0 unspecified atom stereocenters. The Kier molecular flexibility index (Phi) is 4.48. The summed E-state index contributed by atoms with van der Waals surface area (Å²) in [4.78, 5) is 17.9. The van der Waals surface area contributed by atoms with Gasteiger partial charge in [-0.05, 0) is 53.2 Å². The molecule has 1 amide bonds. The van der Waals surface area contributed by atoms with Gasteiger partial charge in [0, 0.05) is 27.0 Å². The maximum Gasteiger partial charge on any atom is 0.293 e. The molecule has 0 atom stereocenters. The standard InChI is InChI=1S/C16H9Br2N3O2S2/c1-7-9-6-8(17)2-3-10(9)23-13(7)15(22)20-16-19-14(21-25-16)11-4-5-12(18)24-11/h2-6H,1H3,(H,19,20,21,22). The summed E-state index contributed by atoms with van der Waals surface area (Å²) in [7, 11) is 0. The Morgan fingerprint density at radius 2 is 2.08 bits per heavy atom. The van der Waals surface area contributed by atoms with E-state index in [-0.39, 0.29) is 11.7 Å². The first kappa shape index (κ1) is 16.9. The average molecular weight is 499 g/mol. The molecule has 0 radical (unpaired) electrons. The number of rotatable bonds is 3. The zero-order chi connectivity index (χ0) is 17.6. The molecule has 0 bridgehead atoms. The van der Waals surface area contributed by atoms with E-state index in [1.54, 1.807) is 0 Å². The Morgan fingerprint density at radius 3 is 2.84 bits per heavy atom. The van der Waals surface area contributed by atoms with Gasteiger partial charge in [-0.3, -0.25) is 10.1 Å². The predicted octanol–water partition coefficient (Wildman–Crippen LogP) is 6.10. The molecule has 0 aliphatic carbocycles. The van der Waals surface area contributed by atoms with E-state index in [9.17, 15) is 4.79 Å². The Hall–Kier alpha value is -1.55. The van der Waals surface area contributed by atoms with Gasteiger partial charge in [0.05, 0.1) is 8.66 Å². The minimum atomic E-state index is -0.333. The van der Waals surface area contributed by atoms with E-state index in [4.69, 9.17) is 4.42 Å². The third kappa shape index (κ3) is 3.29. The molecular formula is C16H9Br2N3O2S2. The van der Waals surface area contributed by atoms with Crippen LogP contribution in [0.3, 0.4) is 0 Å². The molecule has 0 aliphatic rings. The number of furan rings is 1. The van der Waals surface area contributed by atoms with Crippen molar-refractivity contribution in [1.29, 1.82) is 0 Å². The van der Waals surface area contributed by atoms with Crippen LogP contribution in [0.5, 0.6) is 0 Å². The van der Waals surface area contributed by atoms with E-state index in [0.717, 1.165) is 35.6 Å². The zero-order valence-electron chi connectivity index (χ0n) is 12.7. The van der Waals surface area contributed by atoms with Gasteiger partial charge in [0.15, 0.2) is 11.6 Å². The molecular weight excluding hydrogens is 490 g/mol. The molecule has 0 aliphatic heterocycles. The van der Waals surface area contributed by atoms with Crippen LogP contribution in [0, 0.1) is 6.92 Å². The summed E-state index contributed by atoms with van der Waals surface area (Å²) < 4.78 is 11.9. The van der Waals surface area contributed by atoms with Gasteiger partial charge in [-0.2, -0.15) is 9.36 Å². The van der Waals surface area contributed by atoms with Gasteiger partial charge in [0.25, 0.3) is 5.91 Å². The fourth-order valence-electron chi connectivity index (χ4n) is 2.37. The van der Waals surface area contributed by atoms with Crippen molar-refractivity contribution >= 4 is 76.7 Å². The van der Waals surface area contributed by atoms with Crippen LogP contribution in [0.25, 0.3) is 21.7 Å². The quantitative estimate of drug-likeness (QED) is 0.370. The van der Waals surface area contributed by atoms with Crippen molar-refractivity contribution in [3.8, 4) is 10.7 Å². The van der Waals surface area contributed by atoms with E-state index in [1.807, 2.05) is 37.3 Å². The molecule has 4 rings (SSSR count). The lowest BCUT2D eigenvalue weighted by atomic mass is 10.1. The van der Waals surface area contributed by atoms with Crippen LogP contribution in [-0.4, -0.2) is 15.3 Å². The van der Waals surface area contributed by atoms with Crippen LogP contribution in [0.1, 0.15) is 16.1 Å². The number of benzene rings is 1. The second-order valence-electron chi connectivity index (χ2n) is 5.18. The molecule has 0 saturated carbocycles. The van der Waals surface area contributed by atoms with Crippen LogP contribution >= 0.6 is 54.7 Å². The first-order valence-corrected chi connectivity index (χ1v) is 10.3. The van der Waals surface area contributed by atoms with E-state index >= 15 is 0 Å². The van der Waals surface area contributed by atoms with Crippen molar-refractivity contribution in [2.24, 2.45) is 0 Å². The van der Waals surface area contributed by atoms with Gasteiger partial charge in [-0.15, -0.1) is 11.3 Å². The molecule has 0 fully saturated rings. The summed E-state index contributed by atoms with van der Waals surface area (Å²) in [6, 6.07) is 9.52. The highest BCUT2D eigenvalue weighted by molar-refractivity contribution is 9.11. The van der Waals surface area contributed by atoms with Crippen molar-refractivity contribution in [1.82, 2.24) is 9.36 Å². The number of nitrogens with zero attached hydrogens (tertiary/aromatic N) is 2. The molecule has 0 spiro atoms. The number of carbonyl (C=O) groups is 1. The van der Waals surface area contributed by atoms with E-state index in [1.165, 1.54) is 11.3 Å². The van der Waals surface area contributed by atoms with Crippen molar-refractivity contribution in [3.05, 3.63) is 49.9 Å². The second-order valence-corrected chi connectivity index (χ2v) is 9.31. The monoisotopic (exact) mass is 497 g/mol. The molecule has 1 aromatic carbocycles. The fourth-order valence-corrected chi connectivity index (χ4v) is 4.69. The van der Waals surface area contributed by atoms with Gasteiger partial charge in [-0.1, -0.05) is 15.9 Å². The Labute approximate surface area is 167 Å². The van der Waals surface area contributed by atoms with Gasteiger partial charge in [0.2, 0.25) is 5.13 Å². The molecule has 3 heterocycles. The number of fused-ring (bicyclic) bond motifs is 1. The summed E-state index contributed by atoms with van der Waals surface area (Å²) in [6.07, 6.45) is 0. The molecule has 5 nitrogen and oxygen atoms in total. The Morgan fingerprint density at radius 1 is 1.24 bits per heavy atom. The van der Waals surface area contributed by atoms with Crippen molar-refractivity contribution < 1.29 is 9.21 Å². The number of hydrogen-bond acceptors (Lipinski definition) is 6. The molecule has 4 aromatic rings. The van der Waals surface area contributed by atoms with Gasteiger partial charge in [0.1, 0.15) is 5.58 Å². The molecule has 1 N–H and O–H groups in total. The number of halogens is 2.